The highest BCUT2D eigenvalue weighted by atomic mass is 32.1. The minimum atomic E-state index is 0.378. The molecule has 1 aliphatic heterocycles. The molecule has 0 spiro atoms. The Balaban J connectivity index is 1.80. The maximum absolute atomic E-state index is 5.86. The fraction of sp³-hybridized carbons (Fsp3) is 0.562. The highest BCUT2D eigenvalue weighted by Gasteiger charge is 2.19. The number of rotatable bonds is 7. The molecular formula is C16H24N2O2S. The molecule has 1 aliphatic rings. The molecule has 0 bridgehead atoms. The van der Waals surface area contributed by atoms with E-state index in [0.717, 1.165) is 37.6 Å². The second kappa shape index (κ2) is 8.32. The lowest BCUT2D eigenvalue weighted by Crippen LogP contribution is -2.39. The lowest BCUT2D eigenvalue weighted by molar-refractivity contribution is 0.0832. The Labute approximate surface area is 132 Å². The van der Waals surface area contributed by atoms with Crippen LogP contribution in [0, 0.1) is 5.92 Å². The molecule has 0 aliphatic carbocycles. The van der Waals surface area contributed by atoms with E-state index in [0.29, 0.717) is 17.5 Å². The van der Waals surface area contributed by atoms with Crippen LogP contribution in [0.1, 0.15) is 18.4 Å². The number of thiocarbonyl (C=S) groups is 1. The summed E-state index contributed by atoms with van der Waals surface area (Å²) in [5.74, 6) is 1.42. The Kier molecular flexibility index (Phi) is 6.42. The molecular weight excluding hydrogens is 284 g/mol. The van der Waals surface area contributed by atoms with Gasteiger partial charge in [-0.2, -0.15) is 0 Å². The molecule has 1 unspecified atom stereocenters. The molecule has 2 rings (SSSR count). The summed E-state index contributed by atoms with van der Waals surface area (Å²) >= 11 is 5.04. The van der Waals surface area contributed by atoms with Gasteiger partial charge in [-0.15, -0.1) is 0 Å². The van der Waals surface area contributed by atoms with Crippen molar-refractivity contribution in [3.8, 4) is 5.75 Å². The predicted molar refractivity (Wildman–Crippen MR) is 88.9 cm³/mol. The number of methoxy groups -OCH3 is 1. The molecule has 4 nitrogen and oxygen atoms in total. The molecule has 116 valence electrons. The Morgan fingerprint density at radius 2 is 2.24 bits per heavy atom. The van der Waals surface area contributed by atoms with Crippen LogP contribution >= 0.6 is 12.2 Å². The number of likely N-dealkylation sites (tertiary alicyclic amines) is 1. The summed E-state index contributed by atoms with van der Waals surface area (Å²) in [7, 11) is 1.77. The van der Waals surface area contributed by atoms with Crippen LogP contribution in [-0.4, -0.2) is 49.8 Å². The number of nitrogens with two attached hydrogens (primary N) is 1. The fourth-order valence-electron chi connectivity index (χ4n) is 2.81. The molecule has 21 heavy (non-hydrogen) atoms. The molecule has 0 saturated carbocycles. The summed E-state index contributed by atoms with van der Waals surface area (Å²) in [4.78, 5) is 2.82. The highest BCUT2D eigenvalue weighted by Crippen LogP contribution is 2.19. The smallest absolute Gasteiger partial charge is 0.129 e. The Morgan fingerprint density at radius 3 is 3.00 bits per heavy atom. The molecule has 2 N–H and O–H groups in total. The Hall–Kier alpha value is -1.17. The SMILES string of the molecule is COCC1CCCN(CCOc2ccccc2C(N)=S)C1. The van der Waals surface area contributed by atoms with Crippen molar-refractivity contribution >= 4 is 17.2 Å². The largest absolute Gasteiger partial charge is 0.492 e. The predicted octanol–water partition coefficient (Wildman–Crippen LogP) is 2.06. The van der Waals surface area contributed by atoms with E-state index in [-0.39, 0.29) is 0 Å². The van der Waals surface area contributed by atoms with Gasteiger partial charge in [-0.3, -0.25) is 4.90 Å². The van der Waals surface area contributed by atoms with Gasteiger partial charge in [-0.25, -0.2) is 0 Å². The molecule has 1 saturated heterocycles. The van der Waals surface area contributed by atoms with Crippen LogP contribution in [-0.2, 0) is 4.74 Å². The topological polar surface area (TPSA) is 47.7 Å². The number of nitrogens with zero attached hydrogens (tertiary/aromatic N) is 1. The summed E-state index contributed by atoms with van der Waals surface area (Å²) in [5, 5.41) is 0. The molecule has 1 fully saturated rings. The van der Waals surface area contributed by atoms with Crippen LogP contribution < -0.4 is 10.5 Å². The van der Waals surface area contributed by atoms with Crippen molar-refractivity contribution in [2.75, 3.05) is 40.0 Å². The summed E-state index contributed by atoms with van der Waals surface area (Å²) in [6.07, 6.45) is 2.49. The van der Waals surface area contributed by atoms with Gasteiger partial charge >= 0.3 is 0 Å². The number of ether oxygens (including phenoxy) is 2. The minimum absolute atomic E-state index is 0.378. The first-order valence-electron chi connectivity index (χ1n) is 7.43. The minimum Gasteiger partial charge on any atom is -0.492 e. The van der Waals surface area contributed by atoms with Crippen molar-refractivity contribution in [1.82, 2.24) is 4.90 Å². The molecule has 0 aromatic heterocycles. The van der Waals surface area contributed by atoms with E-state index in [1.807, 2.05) is 24.3 Å². The third-order valence-electron chi connectivity index (χ3n) is 3.82. The zero-order valence-corrected chi connectivity index (χ0v) is 13.4. The van der Waals surface area contributed by atoms with Gasteiger partial charge in [0, 0.05) is 20.2 Å². The maximum atomic E-state index is 5.86. The summed E-state index contributed by atoms with van der Waals surface area (Å²) in [5.41, 5.74) is 6.52. The Bertz CT molecular complexity index is 465. The number of para-hydroxylation sites is 1. The third kappa shape index (κ3) is 4.95. The zero-order valence-electron chi connectivity index (χ0n) is 12.6. The van der Waals surface area contributed by atoms with Crippen LogP contribution in [0.4, 0.5) is 0 Å². The van der Waals surface area contributed by atoms with E-state index in [4.69, 9.17) is 27.4 Å². The number of hydrogen-bond donors (Lipinski definition) is 1. The first-order chi connectivity index (χ1) is 10.2. The maximum Gasteiger partial charge on any atom is 0.129 e. The van der Waals surface area contributed by atoms with Gasteiger partial charge in [0.15, 0.2) is 0 Å². The van der Waals surface area contributed by atoms with Crippen LogP contribution in [0.2, 0.25) is 0 Å². The van der Waals surface area contributed by atoms with Crippen molar-refractivity contribution in [1.29, 1.82) is 0 Å². The van der Waals surface area contributed by atoms with Gasteiger partial charge in [0.1, 0.15) is 17.3 Å². The monoisotopic (exact) mass is 308 g/mol. The van der Waals surface area contributed by atoms with Crippen LogP contribution in [0.25, 0.3) is 0 Å². The van der Waals surface area contributed by atoms with Crippen molar-refractivity contribution in [3.63, 3.8) is 0 Å². The van der Waals surface area contributed by atoms with Gasteiger partial charge in [0.2, 0.25) is 0 Å². The first-order valence-corrected chi connectivity index (χ1v) is 7.84. The lowest BCUT2D eigenvalue weighted by Gasteiger charge is -2.32. The Morgan fingerprint density at radius 1 is 1.43 bits per heavy atom. The van der Waals surface area contributed by atoms with Crippen LogP contribution in [0.3, 0.4) is 0 Å². The van der Waals surface area contributed by atoms with Crippen molar-refractivity contribution in [2.45, 2.75) is 12.8 Å². The number of benzene rings is 1. The van der Waals surface area contributed by atoms with Gasteiger partial charge < -0.3 is 15.2 Å². The van der Waals surface area contributed by atoms with Crippen LogP contribution in [0.5, 0.6) is 5.75 Å². The third-order valence-corrected chi connectivity index (χ3v) is 4.04. The van der Waals surface area contributed by atoms with Crippen molar-refractivity contribution in [3.05, 3.63) is 29.8 Å². The molecule has 1 aromatic carbocycles. The van der Waals surface area contributed by atoms with Crippen molar-refractivity contribution in [2.24, 2.45) is 11.7 Å². The highest BCUT2D eigenvalue weighted by molar-refractivity contribution is 7.80. The van der Waals surface area contributed by atoms with Crippen LogP contribution in [0.15, 0.2) is 24.3 Å². The van der Waals surface area contributed by atoms with E-state index in [2.05, 4.69) is 4.90 Å². The second-order valence-corrected chi connectivity index (χ2v) is 5.91. The summed E-state index contributed by atoms with van der Waals surface area (Å²) < 4.78 is 11.1. The average molecular weight is 308 g/mol. The molecule has 0 amide bonds. The number of hydrogen-bond acceptors (Lipinski definition) is 4. The van der Waals surface area contributed by atoms with Gasteiger partial charge in [0.25, 0.3) is 0 Å². The molecule has 0 radical (unpaired) electrons. The normalized spacial score (nSPS) is 19.4. The van der Waals surface area contributed by atoms with Gasteiger partial charge in [-0.05, 0) is 37.4 Å². The van der Waals surface area contributed by atoms with Crippen molar-refractivity contribution < 1.29 is 9.47 Å². The molecule has 5 heteroatoms. The van der Waals surface area contributed by atoms with E-state index in [1.165, 1.54) is 12.8 Å². The lowest BCUT2D eigenvalue weighted by atomic mass is 9.99. The van der Waals surface area contributed by atoms with E-state index in [9.17, 15) is 0 Å². The summed E-state index contributed by atoms with van der Waals surface area (Å²) in [6, 6.07) is 7.67. The van der Waals surface area contributed by atoms with E-state index < -0.39 is 0 Å². The fourth-order valence-corrected chi connectivity index (χ4v) is 2.98. The molecule has 1 heterocycles. The average Bonchev–Trinajstić information content (AvgIpc) is 2.48. The summed E-state index contributed by atoms with van der Waals surface area (Å²) in [6.45, 7) is 4.65. The molecule has 1 aromatic rings. The van der Waals surface area contributed by atoms with Gasteiger partial charge in [0.05, 0.1) is 12.2 Å². The first kappa shape index (κ1) is 16.2. The molecule has 1 atom stereocenters. The van der Waals surface area contributed by atoms with Gasteiger partial charge in [-0.1, -0.05) is 24.4 Å². The quantitative estimate of drug-likeness (QED) is 0.781. The number of piperidine rings is 1. The standard InChI is InChI=1S/C16H24N2O2S/c1-19-12-13-5-4-8-18(11-13)9-10-20-15-7-3-2-6-14(15)16(17)21/h2-3,6-7,13H,4-5,8-12H2,1H3,(H2,17,21). The van der Waals surface area contributed by atoms with E-state index >= 15 is 0 Å². The van der Waals surface area contributed by atoms with E-state index in [1.54, 1.807) is 7.11 Å². The zero-order chi connectivity index (χ0) is 15.1. The second-order valence-electron chi connectivity index (χ2n) is 5.47.